The predicted octanol–water partition coefficient (Wildman–Crippen LogP) is 4.16. The molecule has 3 aromatic rings. The van der Waals surface area contributed by atoms with Gasteiger partial charge >= 0.3 is 0 Å². The summed E-state index contributed by atoms with van der Waals surface area (Å²) in [5.41, 5.74) is 2.17. The minimum absolute atomic E-state index is 0.120. The van der Waals surface area contributed by atoms with Gasteiger partial charge in [0.2, 0.25) is 0 Å². The number of anilines is 2. The minimum atomic E-state index is -4.05. The van der Waals surface area contributed by atoms with Gasteiger partial charge in [-0.25, -0.2) is 12.8 Å². The third-order valence-corrected chi connectivity index (χ3v) is 6.77. The maximum Gasteiger partial charge on any atom is 0.262 e. The third kappa shape index (κ3) is 4.91. The van der Waals surface area contributed by atoms with Gasteiger partial charge < -0.3 is 10.2 Å². The molecule has 1 heterocycles. The van der Waals surface area contributed by atoms with Crippen molar-refractivity contribution in [2.75, 3.05) is 22.7 Å². The first-order valence-corrected chi connectivity index (χ1v) is 11.9. The highest BCUT2D eigenvalue weighted by Crippen LogP contribution is 2.24. The second-order valence-electron chi connectivity index (χ2n) is 7.62. The van der Waals surface area contributed by atoms with Crippen LogP contribution in [0.5, 0.6) is 0 Å². The van der Waals surface area contributed by atoms with Crippen molar-refractivity contribution in [2.24, 2.45) is 0 Å². The van der Waals surface area contributed by atoms with E-state index >= 15 is 0 Å². The molecule has 0 aromatic heterocycles. The van der Waals surface area contributed by atoms with Crippen LogP contribution < -0.4 is 14.9 Å². The largest absolute Gasteiger partial charge is 0.371 e. The van der Waals surface area contributed by atoms with E-state index in [0.717, 1.165) is 37.2 Å². The molecule has 0 saturated carbocycles. The van der Waals surface area contributed by atoms with E-state index in [9.17, 15) is 17.6 Å². The Morgan fingerprint density at radius 2 is 1.66 bits per heavy atom. The van der Waals surface area contributed by atoms with Crippen LogP contribution in [0, 0.1) is 5.82 Å². The molecule has 1 fully saturated rings. The molecule has 3 aromatic carbocycles. The van der Waals surface area contributed by atoms with Crippen LogP contribution in [0.1, 0.15) is 28.8 Å². The lowest BCUT2D eigenvalue weighted by molar-refractivity contribution is 0.0950. The van der Waals surface area contributed by atoms with Gasteiger partial charge in [0, 0.05) is 30.9 Å². The lowest BCUT2D eigenvalue weighted by Gasteiger charge is -2.21. The SMILES string of the molecule is O=C(NCc1ccccc1N1CCCC1)c1cccc(S(=O)(=O)Nc2ccccc2F)c1. The van der Waals surface area contributed by atoms with Gasteiger partial charge in [0.1, 0.15) is 5.82 Å². The molecule has 1 aliphatic rings. The minimum Gasteiger partial charge on any atom is -0.371 e. The number of nitrogens with zero attached hydrogens (tertiary/aromatic N) is 1. The summed E-state index contributed by atoms with van der Waals surface area (Å²) in [7, 11) is -4.05. The Hall–Kier alpha value is -3.39. The molecule has 166 valence electrons. The van der Waals surface area contributed by atoms with Crippen molar-refractivity contribution in [3.8, 4) is 0 Å². The summed E-state index contributed by atoms with van der Waals surface area (Å²) >= 11 is 0. The molecule has 0 spiro atoms. The summed E-state index contributed by atoms with van der Waals surface area (Å²) in [6, 6.07) is 19.1. The number of halogens is 1. The second-order valence-corrected chi connectivity index (χ2v) is 9.30. The topological polar surface area (TPSA) is 78.5 Å². The van der Waals surface area contributed by atoms with Crippen molar-refractivity contribution in [2.45, 2.75) is 24.3 Å². The first kappa shape index (κ1) is 21.8. The second kappa shape index (κ2) is 9.40. The molecule has 0 atom stereocenters. The average Bonchev–Trinajstić information content (AvgIpc) is 3.34. The molecule has 32 heavy (non-hydrogen) atoms. The predicted molar refractivity (Wildman–Crippen MR) is 123 cm³/mol. The van der Waals surface area contributed by atoms with Crippen LogP contribution in [0.4, 0.5) is 15.8 Å². The molecule has 1 aliphatic heterocycles. The maximum atomic E-state index is 13.9. The molecule has 0 unspecified atom stereocenters. The Morgan fingerprint density at radius 1 is 0.938 bits per heavy atom. The monoisotopic (exact) mass is 453 g/mol. The van der Waals surface area contributed by atoms with Gasteiger partial charge in [-0.2, -0.15) is 0 Å². The van der Waals surface area contributed by atoms with Gasteiger partial charge in [-0.05, 0) is 54.8 Å². The maximum absolute atomic E-state index is 13.9. The van der Waals surface area contributed by atoms with Gasteiger partial charge in [-0.1, -0.05) is 36.4 Å². The number of rotatable bonds is 7. The molecule has 0 aliphatic carbocycles. The van der Waals surface area contributed by atoms with E-state index in [4.69, 9.17) is 0 Å². The van der Waals surface area contributed by atoms with Gasteiger partial charge in [-0.3, -0.25) is 9.52 Å². The normalized spacial score (nSPS) is 13.7. The molecule has 1 saturated heterocycles. The molecule has 0 bridgehead atoms. The summed E-state index contributed by atoms with van der Waals surface area (Å²) in [6.07, 6.45) is 2.31. The zero-order valence-corrected chi connectivity index (χ0v) is 18.2. The Labute approximate surface area is 187 Å². The molecule has 6 nitrogen and oxygen atoms in total. The summed E-state index contributed by atoms with van der Waals surface area (Å²) in [4.78, 5) is 14.9. The number of hydrogen-bond acceptors (Lipinski definition) is 4. The van der Waals surface area contributed by atoms with Crippen LogP contribution in [0.2, 0.25) is 0 Å². The van der Waals surface area contributed by atoms with Crippen molar-refractivity contribution < 1.29 is 17.6 Å². The third-order valence-electron chi connectivity index (χ3n) is 5.40. The molecular formula is C24H24FN3O3S. The summed E-state index contributed by atoms with van der Waals surface area (Å²) < 4.78 is 41.4. The fourth-order valence-electron chi connectivity index (χ4n) is 3.76. The van der Waals surface area contributed by atoms with Crippen LogP contribution in [0.25, 0.3) is 0 Å². The Morgan fingerprint density at radius 3 is 2.44 bits per heavy atom. The number of benzene rings is 3. The molecule has 4 rings (SSSR count). The summed E-state index contributed by atoms with van der Waals surface area (Å²) in [5, 5.41) is 2.88. The van der Waals surface area contributed by atoms with Crippen molar-refractivity contribution in [1.29, 1.82) is 0 Å². The number of amides is 1. The molecule has 8 heteroatoms. The number of sulfonamides is 1. The number of carbonyl (C=O) groups excluding carboxylic acids is 1. The highest BCUT2D eigenvalue weighted by molar-refractivity contribution is 7.92. The number of para-hydroxylation sites is 2. The van der Waals surface area contributed by atoms with Gasteiger partial charge in [0.15, 0.2) is 0 Å². The number of carbonyl (C=O) groups is 1. The van der Waals surface area contributed by atoms with Crippen LogP contribution in [0.3, 0.4) is 0 Å². The lowest BCUT2D eigenvalue weighted by atomic mass is 10.1. The van der Waals surface area contributed by atoms with Crippen LogP contribution in [-0.2, 0) is 16.6 Å². The van der Waals surface area contributed by atoms with E-state index in [0.29, 0.717) is 6.54 Å². The van der Waals surface area contributed by atoms with Crippen LogP contribution in [0.15, 0.2) is 77.7 Å². The summed E-state index contributed by atoms with van der Waals surface area (Å²) in [6.45, 7) is 2.33. The molecule has 2 N–H and O–H groups in total. The van der Waals surface area contributed by atoms with E-state index in [1.807, 2.05) is 24.3 Å². The average molecular weight is 454 g/mol. The molecular weight excluding hydrogens is 429 g/mol. The Balaban J connectivity index is 1.48. The zero-order valence-electron chi connectivity index (χ0n) is 17.4. The first-order valence-electron chi connectivity index (χ1n) is 10.4. The van der Waals surface area contributed by atoms with Crippen molar-refractivity contribution >= 4 is 27.3 Å². The van der Waals surface area contributed by atoms with E-state index < -0.39 is 15.8 Å². The Kier molecular flexibility index (Phi) is 6.41. The molecule has 0 radical (unpaired) electrons. The van der Waals surface area contributed by atoms with E-state index in [1.54, 1.807) is 6.07 Å². The van der Waals surface area contributed by atoms with Crippen molar-refractivity contribution in [1.82, 2.24) is 5.32 Å². The van der Waals surface area contributed by atoms with Crippen molar-refractivity contribution in [3.63, 3.8) is 0 Å². The number of hydrogen-bond donors (Lipinski definition) is 2. The highest BCUT2D eigenvalue weighted by atomic mass is 32.2. The fourth-order valence-corrected chi connectivity index (χ4v) is 4.87. The fraction of sp³-hybridized carbons (Fsp3) is 0.208. The van der Waals surface area contributed by atoms with Gasteiger partial charge in [-0.15, -0.1) is 0 Å². The van der Waals surface area contributed by atoms with E-state index in [2.05, 4.69) is 14.9 Å². The van der Waals surface area contributed by atoms with Gasteiger partial charge in [0.05, 0.1) is 10.6 Å². The standard InChI is InChI=1S/C24H24FN3O3S/c25-21-11-2-3-12-22(21)27-32(30,31)20-10-7-9-18(16-20)24(29)26-17-19-8-1-4-13-23(19)28-14-5-6-15-28/h1-4,7-13,16,27H,5-6,14-15,17H2,(H,26,29). The van der Waals surface area contributed by atoms with Gasteiger partial charge in [0.25, 0.3) is 15.9 Å². The van der Waals surface area contributed by atoms with Crippen LogP contribution in [-0.4, -0.2) is 27.4 Å². The smallest absolute Gasteiger partial charge is 0.262 e. The van der Waals surface area contributed by atoms with Crippen LogP contribution >= 0.6 is 0 Å². The van der Waals surface area contributed by atoms with Crippen molar-refractivity contribution in [3.05, 3.63) is 89.7 Å². The van der Waals surface area contributed by atoms with E-state index in [-0.39, 0.29) is 22.1 Å². The lowest BCUT2D eigenvalue weighted by Crippen LogP contribution is -2.26. The summed E-state index contributed by atoms with van der Waals surface area (Å²) in [5.74, 6) is -1.06. The highest BCUT2D eigenvalue weighted by Gasteiger charge is 2.19. The Bertz CT molecular complexity index is 1220. The first-order chi connectivity index (χ1) is 15.4. The quantitative estimate of drug-likeness (QED) is 0.563. The number of nitrogens with one attached hydrogen (secondary N) is 2. The zero-order chi connectivity index (χ0) is 22.6. The molecule has 1 amide bonds. The van der Waals surface area contributed by atoms with E-state index in [1.165, 1.54) is 42.5 Å².